The second-order valence-corrected chi connectivity index (χ2v) is 7.15. The highest BCUT2D eigenvalue weighted by molar-refractivity contribution is 7.90. The molecule has 0 spiro atoms. The molecule has 0 aliphatic rings. The van der Waals surface area contributed by atoms with Gasteiger partial charge in [-0.25, -0.2) is 0 Å². The van der Waals surface area contributed by atoms with Gasteiger partial charge in [0.15, 0.2) is 5.75 Å². The molecule has 3 rings (SSSR count). The van der Waals surface area contributed by atoms with Gasteiger partial charge in [-0.1, -0.05) is 18.2 Å². The zero-order chi connectivity index (χ0) is 18.0. The zero-order valence-corrected chi connectivity index (χ0v) is 15.5. The number of rotatable bonds is 6. The maximum absolute atomic E-state index is 12.8. The Labute approximate surface area is 150 Å². The molecule has 1 aromatic heterocycles. The van der Waals surface area contributed by atoms with Crippen molar-refractivity contribution in [2.45, 2.75) is 10.9 Å². The van der Waals surface area contributed by atoms with Gasteiger partial charge in [0.2, 0.25) is 0 Å². The summed E-state index contributed by atoms with van der Waals surface area (Å²) in [5.74, 6) is 1.62. The van der Waals surface area contributed by atoms with Gasteiger partial charge in [0, 0.05) is 48.7 Å². The highest BCUT2D eigenvalue weighted by atomic mass is 32.2. The molecule has 7 heteroatoms. The Morgan fingerprint density at radius 3 is 2.60 bits per heavy atom. The quantitative estimate of drug-likeness (QED) is 0.685. The Bertz CT molecular complexity index is 879. The van der Waals surface area contributed by atoms with Crippen LogP contribution in [-0.4, -0.2) is 42.8 Å². The Morgan fingerprint density at radius 2 is 1.92 bits per heavy atom. The maximum atomic E-state index is 12.8. The lowest BCUT2D eigenvalue weighted by atomic mass is 10.2. The van der Waals surface area contributed by atoms with Crippen molar-refractivity contribution in [1.29, 1.82) is 0 Å². The van der Waals surface area contributed by atoms with Crippen molar-refractivity contribution in [3.8, 4) is 11.5 Å². The molecule has 1 N–H and O–H groups in total. The first-order valence-electron chi connectivity index (χ1n) is 7.79. The molecule has 0 saturated carbocycles. The summed E-state index contributed by atoms with van der Waals surface area (Å²) in [5, 5.41) is 0.426. The lowest BCUT2D eigenvalue weighted by Gasteiger charge is -2.17. The molecule has 0 bridgehead atoms. The van der Waals surface area contributed by atoms with Gasteiger partial charge in [-0.15, -0.1) is 0 Å². The van der Waals surface area contributed by atoms with E-state index in [4.69, 9.17) is 9.47 Å². The monoisotopic (exact) mass is 359 g/mol. The Morgan fingerprint density at radius 1 is 1.16 bits per heavy atom. The minimum atomic E-state index is -1.30. The van der Waals surface area contributed by atoms with E-state index in [2.05, 4.69) is 9.97 Å². The minimum Gasteiger partial charge on any atom is -0.609 e. The second kappa shape index (κ2) is 7.25. The van der Waals surface area contributed by atoms with Crippen LogP contribution in [0.5, 0.6) is 11.5 Å². The van der Waals surface area contributed by atoms with Crippen molar-refractivity contribution in [2.24, 2.45) is 0 Å². The van der Waals surface area contributed by atoms with Crippen molar-refractivity contribution < 1.29 is 14.0 Å². The van der Waals surface area contributed by atoms with Crippen LogP contribution in [0.25, 0.3) is 11.0 Å². The molecule has 0 aliphatic carbocycles. The lowest BCUT2D eigenvalue weighted by molar-refractivity contribution is 0.397. The average Bonchev–Trinajstić information content (AvgIpc) is 3.05. The number of para-hydroxylation sites is 1. The number of imidazole rings is 1. The average molecular weight is 359 g/mol. The Kier molecular flexibility index (Phi) is 5.06. The van der Waals surface area contributed by atoms with Crippen molar-refractivity contribution in [1.82, 2.24) is 9.97 Å². The van der Waals surface area contributed by atoms with Crippen LogP contribution in [0.15, 0.2) is 41.6 Å². The molecule has 1 heterocycles. The third-order valence-corrected chi connectivity index (χ3v) is 5.13. The number of aromatic amines is 1. The SMILES string of the molecule is COc1cc(OC)c2nc([S+]([O-])Cc3ccccc3N(C)C)[nH]c2c1. The largest absolute Gasteiger partial charge is 0.609 e. The molecule has 2 aromatic carbocycles. The number of benzene rings is 2. The van der Waals surface area contributed by atoms with Crippen molar-refractivity contribution in [3.63, 3.8) is 0 Å². The van der Waals surface area contributed by atoms with E-state index in [1.54, 1.807) is 20.3 Å². The van der Waals surface area contributed by atoms with Gasteiger partial charge in [-0.3, -0.25) is 4.98 Å². The molecule has 0 radical (unpaired) electrons. The standard InChI is InChI=1S/C18H21N3O3S/c1-21(2)15-8-6-5-7-12(15)11-25(22)18-19-14-9-13(23-3)10-16(24-4)17(14)20-18/h5-10H,11H2,1-4H3,(H,19,20). The predicted molar refractivity (Wildman–Crippen MR) is 100 cm³/mol. The Hall–Kier alpha value is -2.38. The molecular formula is C18H21N3O3S. The topological polar surface area (TPSA) is 73.4 Å². The van der Waals surface area contributed by atoms with Gasteiger partial charge >= 0.3 is 5.16 Å². The number of methoxy groups -OCH3 is 2. The van der Waals surface area contributed by atoms with E-state index in [9.17, 15) is 4.55 Å². The fourth-order valence-corrected chi connectivity index (χ4v) is 3.78. The molecule has 0 saturated heterocycles. The first kappa shape index (κ1) is 17.4. The number of aromatic nitrogens is 2. The van der Waals surface area contributed by atoms with Crippen LogP contribution in [0.1, 0.15) is 5.56 Å². The van der Waals surface area contributed by atoms with E-state index >= 15 is 0 Å². The summed E-state index contributed by atoms with van der Waals surface area (Å²) in [6, 6.07) is 11.5. The third-order valence-electron chi connectivity index (χ3n) is 3.93. The van der Waals surface area contributed by atoms with Crippen LogP contribution in [0.4, 0.5) is 5.69 Å². The van der Waals surface area contributed by atoms with E-state index < -0.39 is 11.2 Å². The number of fused-ring (bicyclic) bond motifs is 1. The summed E-state index contributed by atoms with van der Waals surface area (Å²) in [6.07, 6.45) is 0. The number of ether oxygens (including phenoxy) is 2. The smallest absolute Gasteiger partial charge is 0.322 e. The number of nitrogens with one attached hydrogen (secondary N) is 1. The highest BCUT2D eigenvalue weighted by Gasteiger charge is 2.21. The van der Waals surface area contributed by atoms with Crippen molar-refractivity contribution in [2.75, 3.05) is 33.2 Å². The molecule has 1 unspecified atom stereocenters. The van der Waals surface area contributed by atoms with Gasteiger partial charge in [-0.2, -0.15) is 4.98 Å². The van der Waals surface area contributed by atoms with Gasteiger partial charge in [0.05, 0.1) is 19.7 Å². The summed E-state index contributed by atoms with van der Waals surface area (Å²) < 4.78 is 23.5. The van der Waals surface area contributed by atoms with Gasteiger partial charge < -0.3 is 18.9 Å². The summed E-state index contributed by atoms with van der Waals surface area (Å²) in [5.41, 5.74) is 3.44. The van der Waals surface area contributed by atoms with Crippen LogP contribution in [0.2, 0.25) is 0 Å². The van der Waals surface area contributed by atoms with E-state index in [0.29, 0.717) is 27.9 Å². The zero-order valence-electron chi connectivity index (χ0n) is 14.7. The summed E-state index contributed by atoms with van der Waals surface area (Å²) in [4.78, 5) is 9.62. The van der Waals surface area contributed by atoms with Gasteiger partial charge in [-0.05, 0) is 6.07 Å². The van der Waals surface area contributed by atoms with Crippen LogP contribution < -0.4 is 14.4 Å². The number of anilines is 1. The first-order valence-corrected chi connectivity index (χ1v) is 9.10. The van der Waals surface area contributed by atoms with E-state index in [0.717, 1.165) is 16.8 Å². The maximum Gasteiger partial charge on any atom is 0.322 e. The normalized spacial score (nSPS) is 12.2. The number of nitrogens with zero attached hydrogens (tertiary/aromatic N) is 2. The molecule has 3 aromatic rings. The minimum absolute atomic E-state index is 0.383. The summed E-state index contributed by atoms with van der Waals surface area (Å²) in [6.45, 7) is 0. The van der Waals surface area contributed by atoms with Gasteiger partial charge in [0.1, 0.15) is 17.0 Å². The van der Waals surface area contributed by atoms with E-state index in [1.165, 1.54) is 0 Å². The fraction of sp³-hybridized carbons (Fsp3) is 0.278. The second-order valence-electron chi connectivity index (χ2n) is 5.78. The van der Waals surface area contributed by atoms with Gasteiger partial charge in [0.25, 0.3) is 0 Å². The number of H-pyrrole nitrogens is 1. The highest BCUT2D eigenvalue weighted by Crippen LogP contribution is 2.31. The van der Waals surface area contributed by atoms with Crippen LogP contribution >= 0.6 is 0 Å². The van der Waals surface area contributed by atoms with Crippen molar-refractivity contribution in [3.05, 3.63) is 42.0 Å². The Balaban J connectivity index is 1.94. The van der Waals surface area contributed by atoms with Crippen LogP contribution in [0.3, 0.4) is 0 Å². The molecule has 0 aliphatic heterocycles. The molecule has 0 amide bonds. The molecular weight excluding hydrogens is 338 g/mol. The van der Waals surface area contributed by atoms with Crippen LogP contribution in [0, 0.1) is 0 Å². The lowest BCUT2D eigenvalue weighted by Crippen LogP contribution is -2.14. The van der Waals surface area contributed by atoms with Crippen LogP contribution in [-0.2, 0) is 16.9 Å². The van der Waals surface area contributed by atoms with E-state index in [-0.39, 0.29) is 0 Å². The number of hydrogen-bond donors (Lipinski definition) is 1. The fourth-order valence-electron chi connectivity index (χ4n) is 2.70. The molecule has 1 atom stereocenters. The first-order chi connectivity index (χ1) is 12.0. The predicted octanol–water partition coefficient (Wildman–Crippen LogP) is 2.95. The molecule has 6 nitrogen and oxygen atoms in total. The van der Waals surface area contributed by atoms with E-state index in [1.807, 2.05) is 49.3 Å². The molecule has 132 valence electrons. The summed E-state index contributed by atoms with van der Waals surface area (Å²) in [7, 11) is 7.11. The molecule has 25 heavy (non-hydrogen) atoms. The number of hydrogen-bond acceptors (Lipinski definition) is 5. The molecule has 0 fully saturated rings. The third kappa shape index (κ3) is 3.52. The summed E-state index contributed by atoms with van der Waals surface area (Å²) >= 11 is -1.30. The van der Waals surface area contributed by atoms with Crippen molar-refractivity contribution >= 4 is 27.9 Å².